The van der Waals surface area contributed by atoms with Crippen LogP contribution in [-0.2, 0) is 13.1 Å². The van der Waals surface area contributed by atoms with E-state index in [1.165, 1.54) is 10.4 Å². The van der Waals surface area contributed by atoms with Crippen molar-refractivity contribution in [3.63, 3.8) is 0 Å². The van der Waals surface area contributed by atoms with Crippen LogP contribution in [0.25, 0.3) is 0 Å². The highest BCUT2D eigenvalue weighted by Gasteiger charge is 2.03. The highest BCUT2D eigenvalue weighted by atomic mass is 32.1. The molecule has 0 aromatic carbocycles. The molecule has 3 nitrogen and oxygen atoms in total. The number of hydrogen-bond donors (Lipinski definition) is 1. The van der Waals surface area contributed by atoms with Gasteiger partial charge in [-0.1, -0.05) is 0 Å². The highest BCUT2D eigenvalue weighted by molar-refractivity contribution is 7.10. The van der Waals surface area contributed by atoms with E-state index in [4.69, 9.17) is 5.73 Å². The van der Waals surface area contributed by atoms with Gasteiger partial charge in [0.2, 0.25) is 0 Å². The van der Waals surface area contributed by atoms with Crippen LogP contribution in [-0.4, -0.2) is 9.78 Å². The van der Waals surface area contributed by atoms with E-state index < -0.39 is 0 Å². The Bertz CT molecular complexity index is 416. The molecular weight excluding hydrogens is 194 g/mol. The first-order valence-corrected chi connectivity index (χ1v) is 5.43. The summed E-state index contributed by atoms with van der Waals surface area (Å²) in [6, 6.07) is 4.12. The molecule has 0 amide bonds. The molecule has 0 bridgehead atoms. The second-order valence-electron chi connectivity index (χ2n) is 3.23. The van der Waals surface area contributed by atoms with Crippen molar-refractivity contribution < 1.29 is 0 Å². The van der Waals surface area contributed by atoms with Gasteiger partial charge in [0.1, 0.15) is 0 Å². The van der Waals surface area contributed by atoms with Gasteiger partial charge in [-0.05, 0) is 30.0 Å². The summed E-state index contributed by atoms with van der Waals surface area (Å²) in [6.45, 7) is 3.44. The molecule has 4 heteroatoms. The molecule has 0 spiro atoms. The van der Waals surface area contributed by atoms with Crippen LogP contribution >= 0.6 is 11.3 Å². The molecule has 2 rings (SSSR count). The summed E-state index contributed by atoms with van der Waals surface area (Å²) in [5.74, 6) is 0. The molecule has 2 aromatic heterocycles. The van der Waals surface area contributed by atoms with Crippen molar-refractivity contribution in [2.45, 2.75) is 20.0 Å². The monoisotopic (exact) mass is 207 g/mol. The van der Waals surface area contributed by atoms with Gasteiger partial charge in [-0.15, -0.1) is 11.3 Å². The highest BCUT2D eigenvalue weighted by Crippen LogP contribution is 2.16. The molecule has 0 atom stereocenters. The lowest BCUT2D eigenvalue weighted by Crippen LogP contribution is -2.04. The maximum atomic E-state index is 5.63. The van der Waals surface area contributed by atoms with Crippen molar-refractivity contribution in [1.82, 2.24) is 9.78 Å². The zero-order valence-electron chi connectivity index (χ0n) is 8.10. The molecule has 0 saturated carbocycles. The van der Waals surface area contributed by atoms with E-state index in [0.29, 0.717) is 6.54 Å². The standard InChI is InChI=1S/C10H13N3S/c1-8-2-4-13(12-8)7-9-3-5-14-10(9)6-11/h2-5H,6-7,11H2,1H3. The molecule has 14 heavy (non-hydrogen) atoms. The van der Waals surface area contributed by atoms with E-state index in [0.717, 1.165) is 12.2 Å². The third-order valence-corrected chi connectivity index (χ3v) is 3.11. The number of rotatable bonds is 3. The molecule has 0 unspecified atom stereocenters. The predicted molar refractivity (Wildman–Crippen MR) is 58.3 cm³/mol. The van der Waals surface area contributed by atoms with Crippen LogP contribution in [0.2, 0.25) is 0 Å². The van der Waals surface area contributed by atoms with Crippen LogP contribution in [0.15, 0.2) is 23.7 Å². The quantitative estimate of drug-likeness (QED) is 0.833. The third kappa shape index (κ3) is 1.86. The average Bonchev–Trinajstić information content (AvgIpc) is 2.76. The normalized spacial score (nSPS) is 10.7. The fourth-order valence-electron chi connectivity index (χ4n) is 1.41. The van der Waals surface area contributed by atoms with Crippen molar-refractivity contribution in [2.75, 3.05) is 0 Å². The second kappa shape index (κ2) is 3.94. The zero-order chi connectivity index (χ0) is 9.97. The Hall–Kier alpha value is -1.13. The number of hydrogen-bond acceptors (Lipinski definition) is 3. The third-order valence-electron chi connectivity index (χ3n) is 2.13. The van der Waals surface area contributed by atoms with Crippen LogP contribution in [0, 0.1) is 6.92 Å². The van der Waals surface area contributed by atoms with Crippen LogP contribution in [0.4, 0.5) is 0 Å². The van der Waals surface area contributed by atoms with Crippen molar-refractivity contribution in [3.8, 4) is 0 Å². The van der Waals surface area contributed by atoms with Crippen molar-refractivity contribution in [2.24, 2.45) is 5.73 Å². The van der Waals surface area contributed by atoms with E-state index in [-0.39, 0.29) is 0 Å². The minimum absolute atomic E-state index is 0.618. The van der Waals surface area contributed by atoms with E-state index in [9.17, 15) is 0 Å². The molecule has 2 heterocycles. The molecule has 2 aromatic rings. The largest absolute Gasteiger partial charge is 0.326 e. The van der Waals surface area contributed by atoms with Gasteiger partial charge >= 0.3 is 0 Å². The molecule has 0 saturated heterocycles. The Balaban J connectivity index is 2.18. The SMILES string of the molecule is Cc1ccn(Cc2ccsc2CN)n1. The van der Waals surface area contributed by atoms with Crippen LogP contribution in [0.3, 0.4) is 0 Å². The maximum absolute atomic E-state index is 5.63. The molecule has 74 valence electrons. The first kappa shape index (κ1) is 9.43. The van der Waals surface area contributed by atoms with E-state index in [1.807, 2.05) is 23.9 Å². The molecule has 0 fully saturated rings. The van der Waals surface area contributed by atoms with Crippen LogP contribution < -0.4 is 5.73 Å². The van der Waals surface area contributed by atoms with Gasteiger partial charge in [-0.3, -0.25) is 4.68 Å². The summed E-state index contributed by atoms with van der Waals surface area (Å²) in [6.07, 6.45) is 1.99. The Labute approximate surface area is 87.2 Å². The van der Waals surface area contributed by atoms with Gasteiger partial charge < -0.3 is 5.73 Å². The first-order valence-electron chi connectivity index (χ1n) is 4.55. The predicted octanol–water partition coefficient (Wildman–Crippen LogP) is 1.76. The van der Waals surface area contributed by atoms with E-state index in [2.05, 4.69) is 16.5 Å². The smallest absolute Gasteiger partial charge is 0.0670 e. The summed E-state index contributed by atoms with van der Waals surface area (Å²) in [5.41, 5.74) is 7.96. The minimum atomic E-state index is 0.618. The van der Waals surface area contributed by atoms with Crippen LogP contribution in [0.5, 0.6) is 0 Å². The van der Waals surface area contributed by atoms with Gasteiger partial charge in [0.05, 0.1) is 12.2 Å². The summed E-state index contributed by atoms with van der Waals surface area (Å²) >= 11 is 1.71. The molecule has 0 radical (unpaired) electrons. The van der Waals surface area contributed by atoms with Gasteiger partial charge in [-0.2, -0.15) is 5.10 Å². The Morgan fingerprint density at radius 1 is 1.50 bits per heavy atom. The summed E-state index contributed by atoms with van der Waals surface area (Å²) in [5, 5.41) is 6.42. The summed E-state index contributed by atoms with van der Waals surface area (Å²) in [4.78, 5) is 1.25. The molecule has 0 aliphatic rings. The van der Waals surface area contributed by atoms with E-state index in [1.54, 1.807) is 11.3 Å². The van der Waals surface area contributed by atoms with Gasteiger partial charge in [0, 0.05) is 17.6 Å². The van der Waals surface area contributed by atoms with Gasteiger partial charge in [-0.25, -0.2) is 0 Å². The van der Waals surface area contributed by atoms with Crippen molar-refractivity contribution >= 4 is 11.3 Å². The lowest BCUT2D eigenvalue weighted by atomic mass is 10.2. The number of nitrogens with two attached hydrogens (primary N) is 1. The summed E-state index contributed by atoms with van der Waals surface area (Å²) < 4.78 is 1.94. The van der Waals surface area contributed by atoms with Crippen molar-refractivity contribution in [1.29, 1.82) is 0 Å². The lowest BCUT2D eigenvalue weighted by Gasteiger charge is -2.01. The molecule has 0 aliphatic heterocycles. The van der Waals surface area contributed by atoms with Gasteiger partial charge in [0.15, 0.2) is 0 Å². The Kier molecular flexibility index (Phi) is 2.65. The maximum Gasteiger partial charge on any atom is 0.0670 e. The summed E-state index contributed by atoms with van der Waals surface area (Å²) in [7, 11) is 0. The lowest BCUT2D eigenvalue weighted by molar-refractivity contribution is 0.677. The minimum Gasteiger partial charge on any atom is -0.326 e. The molecular formula is C10H13N3S. The van der Waals surface area contributed by atoms with Gasteiger partial charge in [0.25, 0.3) is 0 Å². The van der Waals surface area contributed by atoms with Crippen molar-refractivity contribution in [3.05, 3.63) is 39.8 Å². The molecule has 2 N–H and O–H groups in total. The van der Waals surface area contributed by atoms with Crippen LogP contribution in [0.1, 0.15) is 16.1 Å². The Morgan fingerprint density at radius 3 is 3.00 bits per heavy atom. The zero-order valence-corrected chi connectivity index (χ0v) is 8.92. The number of thiophene rings is 1. The average molecular weight is 207 g/mol. The topological polar surface area (TPSA) is 43.8 Å². The number of aryl methyl sites for hydroxylation is 1. The number of nitrogens with zero attached hydrogens (tertiary/aromatic N) is 2. The fraction of sp³-hybridized carbons (Fsp3) is 0.300. The fourth-order valence-corrected chi connectivity index (χ4v) is 2.19. The molecule has 0 aliphatic carbocycles. The Morgan fingerprint density at radius 2 is 2.36 bits per heavy atom. The second-order valence-corrected chi connectivity index (χ2v) is 4.23. The first-order chi connectivity index (χ1) is 6.79. The van der Waals surface area contributed by atoms with E-state index >= 15 is 0 Å². The number of aromatic nitrogens is 2.